The molecule has 2 aliphatic rings. The molecule has 0 bridgehead atoms. The molecule has 2 aliphatic heterocycles. The van der Waals surface area contributed by atoms with E-state index in [-0.39, 0.29) is 30.0 Å². The van der Waals surface area contributed by atoms with E-state index in [1.807, 2.05) is 30.3 Å². The molecule has 9 heteroatoms. The van der Waals surface area contributed by atoms with Crippen LogP contribution >= 0.6 is 0 Å². The van der Waals surface area contributed by atoms with Gasteiger partial charge in [0.2, 0.25) is 5.91 Å². The number of ether oxygens (including phenoxy) is 1. The summed E-state index contributed by atoms with van der Waals surface area (Å²) in [6, 6.07) is 11.1. The lowest BCUT2D eigenvalue weighted by Gasteiger charge is -2.40. The minimum atomic E-state index is -1.12. The molecule has 1 atom stereocenters. The van der Waals surface area contributed by atoms with Gasteiger partial charge in [0.25, 0.3) is 11.8 Å². The third-order valence-corrected chi connectivity index (χ3v) is 5.80. The first kappa shape index (κ1) is 20.1. The molecule has 1 N–H and O–H groups in total. The summed E-state index contributed by atoms with van der Waals surface area (Å²) in [6.45, 7) is 4.20. The molecule has 0 aliphatic carbocycles. The van der Waals surface area contributed by atoms with E-state index in [9.17, 15) is 14.4 Å². The predicted molar refractivity (Wildman–Crippen MR) is 108 cm³/mol. The highest BCUT2D eigenvalue weighted by atomic mass is 16.5. The number of aromatic nitrogens is 2. The van der Waals surface area contributed by atoms with Crippen molar-refractivity contribution in [1.29, 1.82) is 0 Å². The van der Waals surface area contributed by atoms with Gasteiger partial charge in [0.15, 0.2) is 5.69 Å². The van der Waals surface area contributed by atoms with Crippen LogP contribution in [0, 0.1) is 0 Å². The number of benzene rings is 1. The Labute approximate surface area is 174 Å². The van der Waals surface area contributed by atoms with Crippen LogP contribution in [0.4, 0.5) is 0 Å². The first-order valence-corrected chi connectivity index (χ1v) is 9.95. The summed E-state index contributed by atoms with van der Waals surface area (Å²) in [4.78, 5) is 41.8. The molecule has 30 heavy (non-hydrogen) atoms. The Balaban J connectivity index is 1.53. The van der Waals surface area contributed by atoms with Crippen LogP contribution in [-0.4, -0.2) is 76.2 Å². The zero-order valence-electron chi connectivity index (χ0n) is 17.1. The van der Waals surface area contributed by atoms with Crippen LogP contribution in [0.2, 0.25) is 0 Å². The topological polar surface area (TPSA) is 96.8 Å². The van der Waals surface area contributed by atoms with E-state index in [2.05, 4.69) is 10.4 Å². The van der Waals surface area contributed by atoms with E-state index < -0.39 is 5.54 Å². The van der Waals surface area contributed by atoms with Crippen LogP contribution in [0.3, 0.4) is 0 Å². The molecule has 0 unspecified atom stereocenters. The number of carbonyl (C=O) groups excluding carboxylic acids is 3. The SMILES string of the molecule is CN1C(=O)c2cc(C(=O)N3CCOCC3)nn2C[C@]1(C)C(=O)NCc1ccccc1. The Kier molecular flexibility index (Phi) is 5.29. The number of hydrogen-bond acceptors (Lipinski definition) is 5. The van der Waals surface area contributed by atoms with Crippen molar-refractivity contribution in [2.45, 2.75) is 25.6 Å². The standard InChI is InChI=1S/C21H25N5O4/c1-21(20(29)22-13-15-6-4-3-5-7-15)14-26-17(19(28)24(21)2)12-16(23-26)18(27)25-8-10-30-11-9-25/h3-7,12H,8-11,13-14H2,1-2H3,(H,22,29)/t21-/m1/s1. The lowest BCUT2D eigenvalue weighted by Crippen LogP contribution is -2.62. The summed E-state index contributed by atoms with van der Waals surface area (Å²) in [6.07, 6.45) is 0. The molecular formula is C21H25N5O4. The molecule has 0 spiro atoms. The summed E-state index contributed by atoms with van der Waals surface area (Å²) >= 11 is 0. The fourth-order valence-corrected chi connectivity index (χ4v) is 3.73. The number of likely N-dealkylation sites (N-methyl/N-ethyl adjacent to an activating group) is 1. The molecule has 9 nitrogen and oxygen atoms in total. The maximum atomic E-state index is 13.0. The maximum Gasteiger partial charge on any atom is 0.274 e. The third-order valence-electron chi connectivity index (χ3n) is 5.80. The number of nitrogens with one attached hydrogen (secondary N) is 1. The van der Waals surface area contributed by atoms with E-state index in [4.69, 9.17) is 4.74 Å². The maximum absolute atomic E-state index is 13.0. The summed E-state index contributed by atoms with van der Waals surface area (Å²) in [7, 11) is 1.60. The molecule has 1 aromatic heterocycles. The predicted octanol–water partition coefficient (Wildman–Crippen LogP) is 0.516. The van der Waals surface area contributed by atoms with E-state index in [1.165, 1.54) is 15.6 Å². The van der Waals surface area contributed by atoms with Crippen molar-refractivity contribution < 1.29 is 19.1 Å². The molecule has 158 valence electrons. The smallest absolute Gasteiger partial charge is 0.274 e. The van der Waals surface area contributed by atoms with E-state index in [1.54, 1.807) is 18.9 Å². The van der Waals surface area contributed by atoms with Crippen molar-refractivity contribution in [1.82, 2.24) is 24.9 Å². The number of hydrogen-bond donors (Lipinski definition) is 1. The summed E-state index contributed by atoms with van der Waals surface area (Å²) < 4.78 is 6.75. The number of amides is 3. The van der Waals surface area contributed by atoms with Gasteiger partial charge in [0, 0.05) is 32.7 Å². The minimum absolute atomic E-state index is 0.168. The quantitative estimate of drug-likeness (QED) is 0.791. The Bertz CT molecular complexity index is 967. The van der Waals surface area contributed by atoms with Gasteiger partial charge >= 0.3 is 0 Å². The molecule has 0 saturated carbocycles. The Morgan fingerprint density at radius 2 is 1.90 bits per heavy atom. The van der Waals surface area contributed by atoms with Crippen LogP contribution < -0.4 is 5.32 Å². The van der Waals surface area contributed by atoms with Crippen LogP contribution in [0.1, 0.15) is 33.5 Å². The molecule has 3 heterocycles. The average molecular weight is 411 g/mol. The second-order valence-electron chi connectivity index (χ2n) is 7.78. The fraction of sp³-hybridized carbons (Fsp3) is 0.429. The van der Waals surface area contributed by atoms with Gasteiger partial charge in [-0.3, -0.25) is 19.1 Å². The summed E-state index contributed by atoms with van der Waals surface area (Å²) in [5, 5.41) is 7.27. The zero-order valence-corrected chi connectivity index (χ0v) is 17.1. The summed E-state index contributed by atoms with van der Waals surface area (Å²) in [5.74, 6) is -0.845. The monoisotopic (exact) mass is 411 g/mol. The highest BCUT2D eigenvalue weighted by Gasteiger charge is 2.46. The van der Waals surface area contributed by atoms with Crippen LogP contribution in [-0.2, 0) is 22.6 Å². The largest absolute Gasteiger partial charge is 0.378 e. The molecule has 1 aromatic carbocycles. The van der Waals surface area contributed by atoms with Gasteiger partial charge in [-0.2, -0.15) is 5.10 Å². The van der Waals surface area contributed by atoms with Crippen molar-refractivity contribution in [3.05, 3.63) is 53.3 Å². The van der Waals surface area contributed by atoms with Gasteiger partial charge in [-0.1, -0.05) is 30.3 Å². The average Bonchev–Trinajstić information content (AvgIpc) is 3.20. The van der Waals surface area contributed by atoms with Gasteiger partial charge in [0.1, 0.15) is 11.2 Å². The lowest BCUT2D eigenvalue weighted by molar-refractivity contribution is -0.132. The van der Waals surface area contributed by atoms with Crippen LogP contribution in [0.25, 0.3) is 0 Å². The fourth-order valence-electron chi connectivity index (χ4n) is 3.73. The van der Waals surface area contributed by atoms with Crippen molar-refractivity contribution in [2.75, 3.05) is 33.4 Å². The molecule has 2 aromatic rings. The number of fused-ring (bicyclic) bond motifs is 1. The summed E-state index contributed by atoms with van der Waals surface area (Å²) in [5.41, 5.74) is 0.368. The van der Waals surface area contributed by atoms with Crippen molar-refractivity contribution in [2.24, 2.45) is 0 Å². The minimum Gasteiger partial charge on any atom is -0.378 e. The van der Waals surface area contributed by atoms with Crippen LogP contribution in [0.5, 0.6) is 0 Å². The zero-order chi connectivity index (χ0) is 21.3. The lowest BCUT2D eigenvalue weighted by atomic mass is 9.96. The van der Waals surface area contributed by atoms with E-state index >= 15 is 0 Å². The second-order valence-corrected chi connectivity index (χ2v) is 7.78. The van der Waals surface area contributed by atoms with Gasteiger partial charge < -0.3 is 19.9 Å². The molecule has 3 amide bonds. The Hall–Kier alpha value is -3.20. The van der Waals surface area contributed by atoms with Crippen molar-refractivity contribution in [3.8, 4) is 0 Å². The highest BCUT2D eigenvalue weighted by molar-refractivity contribution is 6.01. The van der Waals surface area contributed by atoms with Gasteiger partial charge in [-0.15, -0.1) is 0 Å². The van der Waals surface area contributed by atoms with Gasteiger partial charge in [-0.05, 0) is 12.5 Å². The van der Waals surface area contributed by atoms with E-state index in [0.717, 1.165) is 5.56 Å². The van der Waals surface area contributed by atoms with E-state index in [0.29, 0.717) is 38.5 Å². The molecular weight excluding hydrogens is 386 g/mol. The van der Waals surface area contributed by atoms with Gasteiger partial charge in [-0.25, -0.2) is 0 Å². The Morgan fingerprint density at radius 1 is 1.20 bits per heavy atom. The second kappa shape index (κ2) is 7.91. The van der Waals surface area contributed by atoms with Crippen molar-refractivity contribution >= 4 is 17.7 Å². The Morgan fingerprint density at radius 3 is 2.60 bits per heavy atom. The first-order chi connectivity index (χ1) is 14.4. The highest BCUT2D eigenvalue weighted by Crippen LogP contribution is 2.26. The third kappa shape index (κ3) is 3.56. The van der Waals surface area contributed by atoms with Crippen LogP contribution in [0.15, 0.2) is 36.4 Å². The van der Waals surface area contributed by atoms with Crippen molar-refractivity contribution in [3.63, 3.8) is 0 Å². The number of carbonyl (C=O) groups is 3. The molecule has 4 rings (SSSR count). The number of rotatable bonds is 4. The number of morpholine rings is 1. The molecule has 1 fully saturated rings. The molecule has 0 radical (unpaired) electrons. The van der Waals surface area contributed by atoms with Gasteiger partial charge in [0.05, 0.1) is 19.8 Å². The normalized spacial score (nSPS) is 21.3. The number of nitrogens with zero attached hydrogens (tertiary/aromatic N) is 4. The molecule has 1 saturated heterocycles. The first-order valence-electron chi connectivity index (χ1n) is 9.95.